The molecule has 2 aliphatic rings. The molecule has 2 aromatic carbocycles. The fourth-order valence-electron chi connectivity index (χ4n) is 4.16. The second kappa shape index (κ2) is 10.6. The van der Waals surface area contributed by atoms with Gasteiger partial charge in [-0.1, -0.05) is 30.3 Å². The van der Waals surface area contributed by atoms with Crippen LogP contribution in [0.25, 0.3) is 0 Å². The molecule has 0 aliphatic carbocycles. The molecule has 8 nitrogen and oxygen atoms in total. The van der Waals surface area contributed by atoms with Crippen molar-refractivity contribution in [2.24, 2.45) is 5.92 Å². The summed E-state index contributed by atoms with van der Waals surface area (Å²) in [7, 11) is -3.89. The summed E-state index contributed by atoms with van der Waals surface area (Å²) in [4.78, 5) is 27.9. The number of rotatable bonds is 6. The number of halogens is 1. The van der Waals surface area contributed by atoms with Crippen molar-refractivity contribution < 1.29 is 31.9 Å². The summed E-state index contributed by atoms with van der Waals surface area (Å²) in [5, 5.41) is 0. The predicted molar refractivity (Wildman–Crippen MR) is 121 cm³/mol. The van der Waals surface area contributed by atoms with E-state index < -0.39 is 33.8 Å². The van der Waals surface area contributed by atoms with E-state index in [0.29, 0.717) is 44.7 Å². The number of morpholine rings is 1. The van der Waals surface area contributed by atoms with Gasteiger partial charge in [0, 0.05) is 31.7 Å². The zero-order chi connectivity index (χ0) is 24.1. The van der Waals surface area contributed by atoms with Gasteiger partial charge in [0.2, 0.25) is 16.1 Å². The van der Waals surface area contributed by atoms with Crippen molar-refractivity contribution in [2.75, 3.05) is 39.4 Å². The van der Waals surface area contributed by atoms with Crippen LogP contribution in [0, 0.1) is 11.7 Å². The summed E-state index contributed by atoms with van der Waals surface area (Å²) in [5.41, 5.74) is 0.555. The summed E-state index contributed by atoms with van der Waals surface area (Å²) in [6.45, 7) is 1.84. The molecule has 0 bridgehead atoms. The van der Waals surface area contributed by atoms with Crippen molar-refractivity contribution in [1.29, 1.82) is 0 Å². The number of carbonyl (C=O) groups excluding carboxylic acids is 2. The molecule has 0 saturated carbocycles. The van der Waals surface area contributed by atoms with Crippen molar-refractivity contribution in [1.82, 2.24) is 9.21 Å². The molecule has 0 aromatic heterocycles. The van der Waals surface area contributed by atoms with Crippen LogP contribution in [0.1, 0.15) is 24.5 Å². The molecule has 2 aromatic rings. The Labute approximate surface area is 198 Å². The van der Waals surface area contributed by atoms with Crippen LogP contribution >= 0.6 is 0 Å². The van der Waals surface area contributed by atoms with E-state index in [1.165, 1.54) is 16.4 Å². The second-order valence-electron chi connectivity index (χ2n) is 8.32. The normalized spacial score (nSPS) is 20.5. The third-order valence-electron chi connectivity index (χ3n) is 6.05. The minimum Gasteiger partial charge on any atom is -0.447 e. The number of hydrogen-bond donors (Lipinski definition) is 0. The lowest BCUT2D eigenvalue weighted by atomic mass is 9.99. The van der Waals surface area contributed by atoms with Crippen LogP contribution in [0.5, 0.6) is 0 Å². The number of nitrogens with zero attached hydrogens (tertiary/aromatic N) is 2. The lowest BCUT2D eigenvalue weighted by Crippen LogP contribution is -2.46. The maximum atomic E-state index is 13.2. The Morgan fingerprint density at radius 1 is 1.00 bits per heavy atom. The highest BCUT2D eigenvalue weighted by Gasteiger charge is 2.37. The Balaban J connectivity index is 1.49. The van der Waals surface area contributed by atoms with Crippen LogP contribution in [-0.2, 0) is 29.1 Å². The van der Waals surface area contributed by atoms with Gasteiger partial charge >= 0.3 is 5.97 Å². The van der Waals surface area contributed by atoms with E-state index in [1.54, 1.807) is 35.2 Å². The van der Waals surface area contributed by atoms with E-state index in [1.807, 2.05) is 0 Å². The highest BCUT2D eigenvalue weighted by molar-refractivity contribution is 7.89. The number of sulfonamides is 1. The quantitative estimate of drug-likeness (QED) is 0.578. The van der Waals surface area contributed by atoms with Gasteiger partial charge in [0.1, 0.15) is 5.82 Å². The molecule has 182 valence electrons. The molecule has 2 atom stereocenters. The van der Waals surface area contributed by atoms with E-state index in [4.69, 9.17) is 9.47 Å². The molecule has 2 aliphatic heterocycles. The Morgan fingerprint density at radius 2 is 1.68 bits per heavy atom. The summed E-state index contributed by atoms with van der Waals surface area (Å²) in [6.07, 6.45) is -0.203. The first-order chi connectivity index (χ1) is 16.4. The van der Waals surface area contributed by atoms with Gasteiger partial charge in [-0.3, -0.25) is 9.59 Å². The van der Waals surface area contributed by atoms with Crippen LogP contribution in [-0.4, -0.2) is 68.9 Å². The minimum absolute atomic E-state index is 0.0347. The molecule has 0 N–H and O–H groups in total. The average Bonchev–Trinajstić information content (AvgIpc) is 2.88. The lowest BCUT2D eigenvalue weighted by molar-refractivity contribution is -0.166. The zero-order valence-corrected chi connectivity index (χ0v) is 19.5. The molecule has 34 heavy (non-hydrogen) atoms. The van der Waals surface area contributed by atoms with E-state index in [0.717, 1.165) is 12.1 Å². The number of ether oxygens (including phenoxy) is 2. The van der Waals surface area contributed by atoms with Gasteiger partial charge in [-0.05, 0) is 37.1 Å². The van der Waals surface area contributed by atoms with E-state index in [-0.39, 0.29) is 23.9 Å². The maximum absolute atomic E-state index is 13.2. The van der Waals surface area contributed by atoms with Crippen molar-refractivity contribution >= 4 is 21.9 Å². The van der Waals surface area contributed by atoms with E-state index in [2.05, 4.69) is 0 Å². The largest absolute Gasteiger partial charge is 0.447 e. The number of hydrogen-bond acceptors (Lipinski definition) is 6. The van der Waals surface area contributed by atoms with Crippen molar-refractivity contribution in [2.45, 2.75) is 23.8 Å². The number of carbonyl (C=O) groups is 2. The number of esters is 1. The molecule has 1 amide bonds. The fourth-order valence-corrected chi connectivity index (χ4v) is 5.68. The second-order valence-corrected chi connectivity index (χ2v) is 10.3. The van der Waals surface area contributed by atoms with Crippen LogP contribution < -0.4 is 0 Å². The van der Waals surface area contributed by atoms with Gasteiger partial charge in [0.15, 0.2) is 0 Å². The molecule has 4 rings (SSSR count). The first-order valence-electron chi connectivity index (χ1n) is 11.2. The fraction of sp³-hybridized carbons (Fsp3) is 0.417. The molecule has 0 unspecified atom stereocenters. The summed E-state index contributed by atoms with van der Waals surface area (Å²) in [5.74, 6) is -2.19. The highest BCUT2D eigenvalue weighted by atomic mass is 32.2. The van der Waals surface area contributed by atoms with E-state index >= 15 is 0 Å². The van der Waals surface area contributed by atoms with Crippen LogP contribution in [0.15, 0.2) is 59.5 Å². The van der Waals surface area contributed by atoms with Crippen LogP contribution in [0.3, 0.4) is 0 Å². The smallest absolute Gasteiger partial charge is 0.311 e. The molecule has 10 heteroatoms. The lowest BCUT2D eigenvalue weighted by Gasteiger charge is -2.33. The topological polar surface area (TPSA) is 93.2 Å². The van der Waals surface area contributed by atoms with Crippen LogP contribution in [0.2, 0.25) is 0 Å². The highest BCUT2D eigenvalue weighted by Crippen LogP contribution is 2.28. The standard InChI is InChI=1S/C24H27FN2O6S/c25-20-8-10-21(11-9-20)34(30,31)27-12-4-7-19(17-27)24(29)33-22(18-5-2-1-3-6-18)23(28)26-13-15-32-16-14-26/h1-3,5-6,8-11,19,22H,4,7,12-17H2/t19-,22-/m1/s1. The number of benzene rings is 2. The minimum atomic E-state index is -3.89. The van der Waals surface area contributed by atoms with Gasteiger partial charge in [0.25, 0.3) is 5.91 Å². The molecule has 2 heterocycles. The summed E-state index contributed by atoms with van der Waals surface area (Å²) in [6, 6.07) is 13.4. The first-order valence-corrected chi connectivity index (χ1v) is 12.7. The average molecular weight is 491 g/mol. The van der Waals surface area contributed by atoms with Gasteiger partial charge in [-0.15, -0.1) is 0 Å². The molecule has 0 spiro atoms. The van der Waals surface area contributed by atoms with Crippen molar-refractivity contribution in [3.63, 3.8) is 0 Å². The molecule has 2 saturated heterocycles. The van der Waals surface area contributed by atoms with Crippen molar-refractivity contribution in [3.05, 3.63) is 66.0 Å². The third kappa shape index (κ3) is 5.45. The Hall–Kier alpha value is -2.82. The number of amides is 1. The van der Waals surface area contributed by atoms with Crippen molar-refractivity contribution in [3.8, 4) is 0 Å². The Morgan fingerprint density at radius 3 is 2.35 bits per heavy atom. The zero-order valence-electron chi connectivity index (χ0n) is 18.6. The van der Waals surface area contributed by atoms with Gasteiger partial charge < -0.3 is 14.4 Å². The molecular formula is C24H27FN2O6S. The molecule has 2 fully saturated rings. The molecular weight excluding hydrogens is 463 g/mol. The first kappa shape index (κ1) is 24.3. The number of piperidine rings is 1. The summed E-state index contributed by atoms with van der Waals surface area (Å²) < 4.78 is 51.5. The predicted octanol–water partition coefficient (Wildman–Crippen LogP) is 2.37. The summed E-state index contributed by atoms with van der Waals surface area (Å²) >= 11 is 0. The monoisotopic (exact) mass is 490 g/mol. The SMILES string of the molecule is O=C(O[C@@H](C(=O)N1CCOCC1)c1ccccc1)[C@@H]1CCCN(S(=O)(=O)c2ccc(F)cc2)C1. The van der Waals surface area contributed by atoms with Gasteiger partial charge in [-0.2, -0.15) is 4.31 Å². The third-order valence-corrected chi connectivity index (χ3v) is 7.93. The Bertz CT molecular complexity index is 1100. The Kier molecular flexibility index (Phi) is 7.60. The maximum Gasteiger partial charge on any atom is 0.311 e. The van der Waals surface area contributed by atoms with Gasteiger partial charge in [-0.25, -0.2) is 12.8 Å². The van der Waals surface area contributed by atoms with E-state index in [9.17, 15) is 22.4 Å². The molecule has 0 radical (unpaired) electrons. The van der Waals surface area contributed by atoms with Crippen LogP contribution in [0.4, 0.5) is 4.39 Å². The van der Waals surface area contributed by atoms with Gasteiger partial charge in [0.05, 0.1) is 24.0 Å².